The van der Waals surface area contributed by atoms with Crippen molar-refractivity contribution in [3.05, 3.63) is 0 Å². The molecule has 0 aliphatic rings. The Labute approximate surface area is 29.4 Å². The van der Waals surface area contributed by atoms with Crippen LogP contribution in [0.3, 0.4) is 0 Å². The van der Waals surface area contributed by atoms with E-state index < -0.39 is 12.5 Å². The van der Waals surface area contributed by atoms with Gasteiger partial charge in [-0.2, -0.15) is 0 Å². The van der Waals surface area contributed by atoms with Gasteiger partial charge in [0.1, 0.15) is 6.54 Å². The van der Waals surface area contributed by atoms with Gasteiger partial charge in [0, 0.05) is 0 Å². The van der Waals surface area contributed by atoms with E-state index in [0.717, 1.165) is 0 Å². The minimum Gasteiger partial charge on any atom is -0.480 e. The van der Waals surface area contributed by atoms with Gasteiger partial charge in [-0.15, -0.1) is 5.73 Å². The van der Waals surface area contributed by atoms with Crippen molar-refractivity contribution in [3.63, 3.8) is 0 Å². The first kappa shape index (κ1) is 4.43. The van der Waals surface area contributed by atoms with Gasteiger partial charge in [-0.1, -0.05) is 0 Å². The quantitative estimate of drug-likeness (QED) is 0.411. The molecule has 3 heteroatoms. The second-order valence-corrected chi connectivity index (χ2v) is 0.552. The molecule has 0 aliphatic heterocycles. The Morgan fingerprint density at radius 1 is 2.00 bits per heavy atom. The molecule has 0 unspecified atom stereocenters. The number of aliphatic carboxylic acids is 1. The second kappa shape index (κ2) is 1.72. The summed E-state index contributed by atoms with van der Waals surface area (Å²) in [5, 5.41) is 7.47. The van der Waals surface area contributed by atoms with Crippen molar-refractivity contribution in [2.75, 3.05) is 6.54 Å². The number of nitrogens with zero attached hydrogens (tertiary/aromatic N) is 1. The van der Waals surface area contributed by atoms with E-state index in [9.17, 15) is 0 Å². The molecule has 0 aromatic heterocycles. The molecule has 3 nitrogen and oxygen atoms in total. The SMILES string of the molecule is [15N]CC(=O)O. The van der Waals surface area contributed by atoms with E-state index in [0.29, 0.717) is 0 Å². The van der Waals surface area contributed by atoms with Crippen LogP contribution in [-0.2, 0) is 4.79 Å². The molecule has 0 heterocycles. The van der Waals surface area contributed by atoms with Crippen LogP contribution in [-0.4, -0.2) is 17.6 Å². The summed E-state index contributed by atoms with van der Waals surface area (Å²) >= 11 is 0. The highest BCUT2D eigenvalue weighted by molar-refractivity contribution is 5.68. The Bertz CT molecular complexity index is 42.9. The van der Waals surface area contributed by atoms with Gasteiger partial charge in [0.2, 0.25) is 0 Å². The summed E-state index contributed by atoms with van der Waals surface area (Å²) in [5.41, 5.74) is 7.54. The van der Waals surface area contributed by atoms with Crippen molar-refractivity contribution < 1.29 is 9.90 Å². The summed E-state index contributed by atoms with van der Waals surface area (Å²) in [4.78, 5) is 9.12. The number of carboxylic acid groups (broad SMARTS) is 1. The maximum atomic E-state index is 9.12. The Morgan fingerprint density at radius 2 is 2.20 bits per heavy atom. The lowest BCUT2D eigenvalue weighted by atomic mass is 10.8. The first-order valence-electron chi connectivity index (χ1n) is 1.10. The van der Waals surface area contributed by atoms with E-state index in [1.54, 1.807) is 0 Å². The molecule has 5 heavy (non-hydrogen) atoms. The standard InChI is InChI=1S/C2H3NO2/c3-1-2(4)5/h1H2,(H,4,5)/i3+1. The minimum atomic E-state index is -1.19. The molecule has 0 bridgehead atoms. The van der Waals surface area contributed by atoms with Gasteiger partial charge in [-0.3, -0.25) is 4.79 Å². The lowest BCUT2D eigenvalue weighted by Crippen LogP contribution is -2.00. The van der Waals surface area contributed by atoms with Crippen LogP contribution in [0, 0.1) is 0 Å². The van der Waals surface area contributed by atoms with Crippen LogP contribution in [0.4, 0.5) is 0 Å². The van der Waals surface area contributed by atoms with E-state index in [-0.39, 0.29) is 0 Å². The summed E-state index contributed by atoms with van der Waals surface area (Å²) in [5.74, 6) is -1.19. The predicted molar refractivity (Wildman–Crippen MR) is 14.6 cm³/mol. The summed E-state index contributed by atoms with van der Waals surface area (Å²) in [7, 11) is 0. The predicted octanol–water partition coefficient (Wildman–Crippen LogP) is -0.860. The third-order valence-electron chi connectivity index (χ3n) is 0.135. The van der Waals surface area contributed by atoms with E-state index in [1.165, 1.54) is 0 Å². The zero-order valence-corrected chi connectivity index (χ0v) is 2.51. The Balaban J connectivity index is 2.85. The number of carboxylic acids is 1. The molecular weight excluding hydrogens is 71.0 g/mol. The first-order chi connectivity index (χ1) is 2.27. The summed E-state index contributed by atoms with van der Waals surface area (Å²) in [6.45, 7) is -0.778. The molecule has 0 saturated carbocycles. The topological polar surface area (TPSA) is 59.6 Å². The van der Waals surface area contributed by atoms with Gasteiger partial charge >= 0.3 is 5.97 Å². The van der Waals surface area contributed by atoms with Crippen LogP contribution in [0.5, 0.6) is 0 Å². The van der Waals surface area contributed by atoms with Crippen molar-refractivity contribution in [1.82, 2.24) is 5.73 Å². The third-order valence-corrected chi connectivity index (χ3v) is 0.135. The molecule has 1 N–H and O–H groups in total. The zero-order chi connectivity index (χ0) is 4.28. The monoisotopic (exact) mass is 74.0 g/mol. The minimum absolute atomic E-state index is 0.778. The average Bonchev–Trinajstić information content (AvgIpc) is 1.38. The van der Waals surface area contributed by atoms with E-state index in [4.69, 9.17) is 15.6 Å². The molecule has 28 valence electrons. The molecule has 0 spiro atoms. The Kier molecular flexibility index (Phi) is 1.53. The fraction of sp³-hybridized carbons (Fsp3) is 0.500. The molecule has 0 fully saturated rings. The third kappa shape index (κ3) is 3.43. The second-order valence-electron chi connectivity index (χ2n) is 0.552. The number of carbonyl (C=O) groups is 1. The highest BCUT2D eigenvalue weighted by Crippen LogP contribution is 1.47. The van der Waals surface area contributed by atoms with Gasteiger partial charge in [-0.05, 0) is 0 Å². The van der Waals surface area contributed by atoms with Crippen LogP contribution in [0.25, 0.3) is 0 Å². The molecule has 0 amide bonds. The Hall–Kier alpha value is -0.570. The molecule has 0 saturated heterocycles. The zero-order valence-electron chi connectivity index (χ0n) is 2.51. The van der Waals surface area contributed by atoms with Crippen molar-refractivity contribution in [1.29, 1.82) is 0 Å². The van der Waals surface area contributed by atoms with Gasteiger partial charge in [0.05, 0.1) is 0 Å². The van der Waals surface area contributed by atoms with Crippen molar-refractivity contribution >= 4 is 5.97 Å². The van der Waals surface area contributed by atoms with Crippen molar-refractivity contribution in [3.8, 4) is 0 Å². The molecule has 0 aromatic carbocycles. The van der Waals surface area contributed by atoms with Crippen LogP contribution in [0.15, 0.2) is 0 Å². The molecule has 0 aliphatic carbocycles. The van der Waals surface area contributed by atoms with E-state index in [2.05, 4.69) is 0 Å². The summed E-state index contributed by atoms with van der Waals surface area (Å²) < 4.78 is 0. The summed E-state index contributed by atoms with van der Waals surface area (Å²) in [6, 6.07) is 0. The fourth-order valence-corrected chi connectivity index (χ4v) is 0. The fourth-order valence-electron chi connectivity index (χ4n) is 0. The number of rotatable bonds is 1. The molecular formula is C2H3NO2. The van der Waals surface area contributed by atoms with Crippen LogP contribution in [0.2, 0.25) is 0 Å². The summed E-state index contributed by atoms with van der Waals surface area (Å²) in [6.07, 6.45) is 0. The molecule has 0 atom stereocenters. The van der Waals surface area contributed by atoms with Gasteiger partial charge in [-0.25, -0.2) is 0 Å². The smallest absolute Gasteiger partial charge is 0.320 e. The maximum absolute atomic E-state index is 9.12. The maximum Gasteiger partial charge on any atom is 0.320 e. The lowest BCUT2D eigenvalue weighted by molar-refractivity contribution is -0.135. The largest absolute Gasteiger partial charge is 0.480 e. The molecule has 2 radical (unpaired) electrons. The highest BCUT2D eigenvalue weighted by atomic mass is 16.4. The Morgan fingerprint density at radius 3 is 2.20 bits per heavy atom. The van der Waals surface area contributed by atoms with Crippen LogP contribution >= 0.6 is 0 Å². The van der Waals surface area contributed by atoms with Crippen molar-refractivity contribution in [2.24, 2.45) is 0 Å². The van der Waals surface area contributed by atoms with Gasteiger partial charge < -0.3 is 5.11 Å². The number of hydrogen-bond donors (Lipinski definition) is 1. The molecule has 0 aromatic rings. The molecule has 0 rings (SSSR count). The van der Waals surface area contributed by atoms with E-state index in [1.807, 2.05) is 0 Å². The van der Waals surface area contributed by atoms with Gasteiger partial charge in [0.25, 0.3) is 0 Å². The van der Waals surface area contributed by atoms with Gasteiger partial charge in [0.15, 0.2) is 0 Å². The first-order valence-corrected chi connectivity index (χ1v) is 1.10. The number of hydrogen-bond acceptors (Lipinski definition) is 1. The van der Waals surface area contributed by atoms with Crippen molar-refractivity contribution in [2.45, 2.75) is 0 Å². The lowest BCUT2D eigenvalue weighted by Gasteiger charge is -1.69. The van der Waals surface area contributed by atoms with Crippen LogP contribution < -0.4 is 5.73 Å². The van der Waals surface area contributed by atoms with Crippen LogP contribution in [0.1, 0.15) is 0 Å². The van der Waals surface area contributed by atoms with E-state index >= 15 is 0 Å². The normalized spacial score (nSPS) is 7.40. The highest BCUT2D eigenvalue weighted by Gasteiger charge is 1.83. The average molecular weight is 74.0 g/mol.